The summed E-state index contributed by atoms with van der Waals surface area (Å²) in [7, 11) is 0. The minimum Gasteiger partial charge on any atom is -0.445 e. The first-order valence-electron chi connectivity index (χ1n) is 4.22. The summed E-state index contributed by atoms with van der Waals surface area (Å²) in [5.74, 6) is 0. The Bertz CT molecular complexity index is 452. The van der Waals surface area contributed by atoms with Gasteiger partial charge in [0, 0.05) is 18.6 Å². The summed E-state index contributed by atoms with van der Waals surface area (Å²) in [6.07, 6.45) is 4.76. The molecule has 2 aromatic rings. The molecule has 0 saturated heterocycles. The van der Waals surface area contributed by atoms with Crippen LogP contribution < -0.4 is 5.46 Å². The fourth-order valence-corrected chi connectivity index (χ4v) is 1.14. The van der Waals surface area contributed by atoms with E-state index in [0.29, 0.717) is 5.69 Å². The van der Waals surface area contributed by atoms with Crippen LogP contribution in [-0.2, 0) is 0 Å². The Balaban J connectivity index is 2.37. The molecular formula is C8H6BF3N3-. The second-order valence-electron chi connectivity index (χ2n) is 3.00. The van der Waals surface area contributed by atoms with E-state index >= 15 is 0 Å². The molecule has 2 rings (SSSR count). The summed E-state index contributed by atoms with van der Waals surface area (Å²) >= 11 is 0. The predicted molar refractivity (Wildman–Crippen MR) is 50.1 cm³/mol. The molecule has 0 N–H and O–H groups in total. The highest BCUT2D eigenvalue weighted by Gasteiger charge is 2.27. The molecule has 15 heavy (non-hydrogen) atoms. The van der Waals surface area contributed by atoms with Crippen LogP contribution in [0, 0.1) is 0 Å². The van der Waals surface area contributed by atoms with Crippen LogP contribution in [0.2, 0.25) is 0 Å². The van der Waals surface area contributed by atoms with Crippen LogP contribution in [-0.4, -0.2) is 21.7 Å². The van der Waals surface area contributed by atoms with E-state index in [0.717, 1.165) is 17.1 Å². The van der Waals surface area contributed by atoms with Crippen molar-refractivity contribution in [3.05, 3.63) is 36.9 Å². The van der Waals surface area contributed by atoms with Gasteiger partial charge in [0.1, 0.15) is 0 Å². The minimum atomic E-state index is -4.99. The van der Waals surface area contributed by atoms with Gasteiger partial charge < -0.3 is 12.9 Å². The predicted octanol–water partition coefficient (Wildman–Crippen LogP) is 1.32. The zero-order chi connectivity index (χ0) is 10.9. The van der Waals surface area contributed by atoms with Crippen molar-refractivity contribution in [3.8, 4) is 5.69 Å². The molecular weight excluding hydrogens is 206 g/mol. The minimum absolute atomic E-state index is 0.504. The molecule has 0 bridgehead atoms. The average Bonchev–Trinajstić information content (AvgIpc) is 2.67. The van der Waals surface area contributed by atoms with E-state index in [1.165, 1.54) is 6.20 Å². The van der Waals surface area contributed by atoms with E-state index in [1.807, 2.05) is 0 Å². The fraction of sp³-hybridized carbons (Fsp3) is 0. The second-order valence-corrected chi connectivity index (χ2v) is 3.00. The third-order valence-corrected chi connectivity index (χ3v) is 1.89. The summed E-state index contributed by atoms with van der Waals surface area (Å²) in [5, 5.41) is 3.63. The summed E-state index contributed by atoms with van der Waals surface area (Å²) in [6, 6.07) is 3.27. The van der Waals surface area contributed by atoms with Crippen LogP contribution >= 0.6 is 0 Å². The van der Waals surface area contributed by atoms with Gasteiger partial charge in [-0.1, -0.05) is 5.46 Å². The zero-order valence-corrected chi connectivity index (χ0v) is 7.52. The van der Waals surface area contributed by atoms with Crippen LogP contribution in [0.3, 0.4) is 0 Å². The van der Waals surface area contributed by atoms with Crippen molar-refractivity contribution in [2.75, 3.05) is 0 Å². The molecule has 0 unspecified atom stereocenters. The highest BCUT2D eigenvalue weighted by Crippen LogP contribution is 2.09. The van der Waals surface area contributed by atoms with Gasteiger partial charge in [0.05, 0.1) is 11.9 Å². The van der Waals surface area contributed by atoms with Gasteiger partial charge in [-0.2, -0.15) is 5.10 Å². The van der Waals surface area contributed by atoms with E-state index in [1.54, 1.807) is 18.3 Å². The third-order valence-electron chi connectivity index (χ3n) is 1.89. The quantitative estimate of drug-likeness (QED) is 0.702. The molecule has 0 aliphatic rings. The van der Waals surface area contributed by atoms with E-state index in [9.17, 15) is 12.9 Å². The largest absolute Gasteiger partial charge is 0.512 e. The SMILES string of the molecule is F[B-](F)(F)c1cnn(-c2cccnc2)c1. The lowest BCUT2D eigenvalue weighted by atomic mass is 9.83. The van der Waals surface area contributed by atoms with Gasteiger partial charge >= 0.3 is 6.98 Å². The Labute approximate surface area is 83.6 Å². The lowest BCUT2D eigenvalue weighted by molar-refractivity contribution is 0.501. The van der Waals surface area contributed by atoms with Crippen LogP contribution in [0.4, 0.5) is 12.9 Å². The maximum absolute atomic E-state index is 12.3. The molecule has 0 aromatic carbocycles. The Morgan fingerprint density at radius 3 is 2.53 bits per heavy atom. The highest BCUT2D eigenvalue weighted by molar-refractivity contribution is 6.73. The summed E-state index contributed by atoms with van der Waals surface area (Å²) in [6.45, 7) is -4.99. The zero-order valence-electron chi connectivity index (χ0n) is 7.52. The Morgan fingerprint density at radius 2 is 2.00 bits per heavy atom. The van der Waals surface area contributed by atoms with Gasteiger partial charge in [0.2, 0.25) is 0 Å². The molecule has 2 aromatic heterocycles. The molecule has 3 nitrogen and oxygen atoms in total. The monoisotopic (exact) mass is 212 g/mol. The Hall–Kier alpha value is -1.79. The smallest absolute Gasteiger partial charge is 0.445 e. The molecule has 0 fully saturated rings. The molecule has 78 valence electrons. The molecule has 0 atom stereocenters. The maximum atomic E-state index is 12.3. The Morgan fingerprint density at radius 1 is 1.20 bits per heavy atom. The van der Waals surface area contributed by atoms with Crippen LogP contribution in [0.15, 0.2) is 36.9 Å². The van der Waals surface area contributed by atoms with Gasteiger partial charge in [0.15, 0.2) is 0 Å². The summed E-state index contributed by atoms with van der Waals surface area (Å²) < 4.78 is 38.1. The third kappa shape index (κ3) is 2.00. The summed E-state index contributed by atoms with van der Waals surface area (Å²) in [5.41, 5.74) is -0.206. The standard InChI is InChI=1S/C8H6BF3N3/c10-9(11,12)7-4-14-15(6-7)8-2-1-3-13-5-8/h1-6H/q-1. The van der Waals surface area contributed by atoms with Crippen LogP contribution in [0.25, 0.3) is 5.69 Å². The number of hydrogen-bond acceptors (Lipinski definition) is 2. The van der Waals surface area contributed by atoms with Gasteiger partial charge in [-0.3, -0.25) is 4.98 Å². The Kier molecular flexibility index (Phi) is 2.22. The molecule has 0 aliphatic heterocycles. The van der Waals surface area contributed by atoms with Crippen molar-refractivity contribution in [2.24, 2.45) is 0 Å². The number of pyridine rings is 1. The van der Waals surface area contributed by atoms with Gasteiger partial charge in [0.25, 0.3) is 0 Å². The molecule has 7 heteroatoms. The number of halogens is 3. The first kappa shape index (κ1) is 9.76. The van der Waals surface area contributed by atoms with Crippen LogP contribution in [0.5, 0.6) is 0 Å². The number of rotatable bonds is 2. The molecule has 0 spiro atoms. The maximum Gasteiger partial charge on any atom is 0.512 e. The molecule has 0 saturated carbocycles. The van der Waals surface area contributed by atoms with E-state index in [4.69, 9.17) is 0 Å². The van der Waals surface area contributed by atoms with E-state index < -0.39 is 12.4 Å². The first-order valence-corrected chi connectivity index (χ1v) is 4.22. The number of hydrogen-bond donors (Lipinski definition) is 0. The van der Waals surface area contributed by atoms with Crippen molar-refractivity contribution >= 4 is 12.4 Å². The topological polar surface area (TPSA) is 30.7 Å². The van der Waals surface area contributed by atoms with Crippen molar-refractivity contribution in [1.29, 1.82) is 0 Å². The van der Waals surface area contributed by atoms with Crippen molar-refractivity contribution in [2.45, 2.75) is 0 Å². The van der Waals surface area contributed by atoms with E-state index in [2.05, 4.69) is 10.1 Å². The van der Waals surface area contributed by atoms with Crippen molar-refractivity contribution in [3.63, 3.8) is 0 Å². The first-order chi connectivity index (χ1) is 7.07. The highest BCUT2D eigenvalue weighted by atomic mass is 19.4. The van der Waals surface area contributed by atoms with Gasteiger partial charge in [-0.25, -0.2) is 4.68 Å². The molecule has 2 heterocycles. The van der Waals surface area contributed by atoms with Crippen molar-refractivity contribution < 1.29 is 12.9 Å². The van der Waals surface area contributed by atoms with Gasteiger partial charge in [-0.05, 0) is 12.1 Å². The normalized spacial score (nSPS) is 11.7. The van der Waals surface area contributed by atoms with Gasteiger partial charge in [-0.15, -0.1) is 0 Å². The van der Waals surface area contributed by atoms with E-state index in [-0.39, 0.29) is 0 Å². The second kappa shape index (κ2) is 3.41. The molecule has 0 aliphatic carbocycles. The molecule has 0 amide bonds. The van der Waals surface area contributed by atoms with Crippen LogP contribution in [0.1, 0.15) is 0 Å². The lowest BCUT2D eigenvalue weighted by Gasteiger charge is -2.09. The number of aromatic nitrogens is 3. The fourth-order valence-electron chi connectivity index (χ4n) is 1.14. The average molecular weight is 212 g/mol. The number of nitrogens with zero attached hydrogens (tertiary/aromatic N) is 3. The lowest BCUT2D eigenvalue weighted by Crippen LogP contribution is -2.32. The molecule has 0 radical (unpaired) electrons. The van der Waals surface area contributed by atoms with Crippen molar-refractivity contribution in [1.82, 2.24) is 14.8 Å². The summed E-state index contributed by atoms with van der Waals surface area (Å²) in [4.78, 5) is 3.80.